The number of carbonyl (C=O) groups is 1. The van der Waals surface area contributed by atoms with E-state index in [2.05, 4.69) is 5.32 Å². The predicted molar refractivity (Wildman–Crippen MR) is 78.1 cm³/mol. The van der Waals surface area contributed by atoms with Crippen molar-refractivity contribution < 1.29 is 9.53 Å². The molecule has 106 valence electrons. The van der Waals surface area contributed by atoms with Gasteiger partial charge in [-0.05, 0) is 35.7 Å². The van der Waals surface area contributed by atoms with Gasteiger partial charge in [-0.3, -0.25) is 9.59 Å². The van der Waals surface area contributed by atoms with E-state index in [1.807, 2.05) is 17.5 Å². The van der Waals surface area contributed by atoms with Crippen molar-refractivity contribution in [3.63, 3.8) is 0 Å². The second kappa shape index (κ2) is 5.76. The maximum absolute atomic E-state index is 12.2. The normalized spacial score (nSPS) is 16.4. The van der Waals surface area contributed by atoms with Gasteiger partial charge in [-0.1, -0.05) is 0 Å². The van der Waals surface area contributed by atoms with E-state index in [0.29, 0.717) is 17.9 Å². The van der Waals surface area contributed by atoms with Crippen molar-refractivity contribution in [3.8, 4) is 0 Å². The molecule has 20 heavy (non-hydrogen) atoms. The SMILES string of the molecule is O=C(Cn1ccc2ccsc2c1=O)NC1CCOCC1. The van der Waals surface area contributed by atoms with E-state index >= 15 is 0 Å². The Morgan fingerprint density at radius 1 is 1.40 bits per heavy atom. The lowest BCUT2D eigenvalue weighted by atomic mass is 10.1. The second-order valence-corrected chi connectivity index (χ2v) is 5.82. The third kappa shape index (κ3) is 2.76. The molecule has 0 atom stereocenters. The van der Waals surface area contributed by atoms with Crippen molar-refractivity contribution in [1.29, 1.82) is 0 Å². The number of aromatic nitrogens is 1. The van der Waals surface area contributed by atoms with E-state index in [0.717, 1.165) is 18.2 Å². The van der Waals surface area contributed by atoms with Crippen molar-refractivity contribution in [1.82, 2.24) is 9.88 Å². The number of amides is 1. The molecule has 1 saturated heterocycles. The lowest BCUT2D eigenvalue weighted by Gasteiger charge is -2.23. The van der Waals surface area contributed by atoms with E-state index in [4.69, 9.17) is 4.74 Å². The molecule has 3 rings (SSSR count). The van der Waals surface area contributed by atoms with Crippen LogP contribution in [-0.4, -0.2) is 29.7 Å². The summed E-state index contributed by atoms with van der Waals surface area (Å²) in [6.45, 7) is 1.45. The van der Waals surface area contributed by atoms with Crippen LogP contribution in [0.1, 0.15) is 12.8 Å². The van der Waals surface area contributed by atoms with Gasteiger partial charge in [-0.25, -0.2) is 0 Å². The number of nitrogens with zero attached hydrogens (tertiary/aromatic N) is 1. The molecule has 1 aliphatic rings. The number of thiophene rings is 1. The molecule has 2 aromatic heterocycles. The van der Waals surface area contributed by atoms with Gasteiger partial charge < -0.3 is 14.6 Å². The van der Waals surface area contributed by atoms with Crippen LogP contribution >= 0.6 is 11.3 Å². The smallest absolute Gasteiger partial charge is 0.268 e. The first kappa shape index (κ1) is 13.3. The summed E-state index contributed by atoms with van der Waals surface area (Å²) in [5.41, 5.74) is -0.0976. The minimum absolute atomic E-state index is 0.0734. The molecule has 0 radical (unpaired) electrons. The molecule has 1 aliphatic heterocycles. The summed E-state index contributed by atoms with van der Waals surface area (Å²) in [6, 6.07) is 3.94. The molecule has 0 bridgehead atoms. The highest BCUT2D eigenvalue weighted by Crippen LogP contribution is 2.15. The van der Waals surface area contributed by atoms with Crippen molar-refractivity contribution in [3.05, 3.63) is 34.1 Å². The number of rotatable bonds is 3. The zero-order chi connectivity index (χ0) is 13.9. The van der Waals surface area contributed by atoms with E-state index in [9.17, 15) is 9.59 Å². The van der Waals surface area contributed by atoms with Crippen LogP contribution < -0.4 is 10.9 Å². The molecule has 1 fully saturated rings. The predicted octanol–water partition coefficient (Wildman–Crippen LogP) is 1.36. The second-order valence-electron chi connectivity index (χ2n) is 4.91. The maximum atomic E-state index is 12.2. The van der Waals surface area contributed by atoms with Crippen LogP contribution in [0, 0.1) is 0 Å². The first-order chi connectivity index (χ1) is 9.74. The van der Waals surface area contributed by atoms with Crippen LogP contribution in [0.5, 0.6) is 0 Å². The van der Waals surface area contributed by atoms with Crippen LogP contribution in [-0.2, 0) is 16.1 Å². The Bertz CT molecular complexity index is 670. The van der Waals surface area contributed by atoms with E-state index in [-0.39, 0.29) is 24.1 Å². The summed E-state index contributed by atoms with van der Waals surface area (Å²) >= 11 is 1.41. The van der Waals surface area contributed by atoms with Gasteiger partial charge in [-0.2, -0.15) is 0 Å². The number of ether oxygens (including phenoxy) is 1. The summed E-state index contributed by atoms with van der Waals surface area (Å²) in [7, 11) is 0. The molecule has 0 spiro atoms. The third-order valence-electron chi connectivity index (χ3n) is 3.49. The Kier molecular flexibility index (Phi) is 3.84. The lowest BCUT2D eigenvalue weighted by Crippen LogP contribution is -2.41. The molecule has 3 heterocycles. The van der Waals surface area contributed by atoms with Gasteiger partial charge in [0.05, 0.1) is 4.70 Å². The highest BCUT2D eigenvalue weighted by atomic mass is 32.1. The Morgan fingerprint density at radius 3 is 3.00 bits per heavy atom. The highest BCUT2D eigenvalue weighted by molar-refractivity contribution is 7.17. The van der Waals surface area contributed by atoms with Gasteiger partial charge in [-0.15, -0.1) is 11.3 Å². The third-order valence-corrected chi connectivity index (χ3v) is 4.40. The average molecular weight is 292 g/mol. The van der Waals surface area contributed by atoms with Gasteiger partial charge in [0.15, 0.2) is 0 Å². The van der Waals surface area contributed by atoms with Crippen LogP contribution in [0.4, 0.5) is 0 Å². The Morgan fingerprint density at radius 2 is 2.20 bits per heavy atom. The molecular weight excluding hydrogens is 276 g/mol. The number of hydrogen-bond acceptors (Lipinski definition) is 4. The molecule has 0 aliphatic carbocycles. The fourth-order valence-electron chi connectivity index (χ4n) is 2.39. The number of hydrogen-bond donors (Lipinski definition) is 1. The van der Waals surface area contributed by atoms with Crippen molar-refractivity contribution in [2.24, 2.45) is 0 Å². The molecule has 1 amide bonds. The maximum Gasteiger partial charge on any atom is 0.268 e. The first-order valence-corrected chi connectivity index (χ1v) is 7.56. The molecule has 1 N–H and O–H groups in total. The van der Waals surface area contributed by atoms with E-state index in [1.165, 1.54) is 15.9 Å². The van der Waals surface area contributed by atoms with Crippen LogP contribution in [0.15, 0.2) is 28.5 Å². The van der Waals surface area contributed by atoms with Gasteiger partial charge in [0, 0.05) is 25.5 Å². The van der Waals surface area contributed by atoms with Crippen molar-refractivity contribution >= 4 is 27.3 Å². The fourth-order valence-corrected chi connectivity index (χ4v) is 3.23. The summed E-state index contributed by atoms with van der Waals surface area (Å²) in [5.74, 6) is -0.116. The molecular formula is C14H16N2O3S. The largest absolute Gasteiger partial charge is 0.381 e. The van der Waals surface area contributed by atoms with Gasteiger partial charge >= 0.3 is 0 Å². The van der Waals surface area contributed by atoms with E-state index < -0.39 is 0 Å². The van der Waals surface area contributed by atoms with Crippen LogP contribution in [0.3, 0.4) is 0 Å². The zero-order valence-corrected chi connectivity index (χ0v) is 11.8. The van der Waals surface area contributed by atoms with Gasteiger partial charge in [0.1, 0.15) is 6.54 Å². The Balaban J connectivity index is 1.70. The van der Waals surface area contributed by atoms with Gasteiger partial charge in [0.2, 0.25) is 5.91 Å². The zero-order valence-electron chi connectivity index (χ0n) is 11.0. The summed E-state index contributed by atoms with van der Waals surface area (Å²) in [5, 5.41) is 5.78. The average Bonchev–Trinajstić information content (AvgIpc) is 2.92. The minimum Gasteiger partial charge on any atom is -0.381 e. The number of pyridine rings is 1. The van der Waals surface area contributed by atoms with Crippen LogP contribution in [0.25, 0.3) is 10.1 Å². The molecule has 0 unspecified atom stereocenters. The Hall–Kier alpha value is -1.66. The van der Waals surface area contributed by atoms with Crippen LogP contribution in [0.2, 0.25) is 0 Å². The molecule has 6 heteroatoms. The summed E-state index contributed by atoms with van der Waals surface area (Å²) in [6.07, 6.45) is 3.36. The number of nitrogens with one attached hydrogen (secondary N) is 1. The summed E-state index contributed by atoms with van der Waals surface area (Å²) < 4.78 is 7.42. The monoisotopic (exact) mass is 292 g/mol. The molecule has 0 aromatic carbocycles. The number of carbonyl (C=O) groups excluding carboxylic acids is 1. The summed E-state index contributed by atoms with van der Waals surface area (Å²) in [4.78, 5) is 24.2. The van der Waals surface area contributed by atoms with Crippen molar-refractivity contribution in [2.75, 3.05) is 13.2 Å². The highest BCUT2D eigenvalue weighted by Gasteiger charge is 2.16. The molecule has 2 aromatic rings. The van der Waals surface area contributed by atoms with E-state index in [1.54, 1.807) is 6.20 Å². The topological polar surface area (TPSA) is 60.3 Å². The quantitative estimate of drug-likeness (QED) is 0.929. The van der Waals surface area contributed by atoms with Crippen molar-refractivity contribution in [2.45, 2.75) is 25.4 Å². The first-order valence-electron chi connectivity index (χ1n) is 6.68. The number of fused-ring (bicyclic) bond motifs is 1. The lowest BCUT2D eigenvalue weighted by molar-refractivity contribution is -0.123. The minimum atomic E-state index is -0.116. The standard InChI is InChI=1S/C14H16N2O3S/c17-12(15-11-2-6-19-7-3-11)9-16-5-1-10-4-8-20-13(10)14(16)18/h1,4-5,8,11H,2-3,6-7,9H2,(H,15,17). The van der Waals surface area contributed by atoms with Gasteiger partial charge in [0.25, 0.3) is 5.56 Å². The molecule has 5 nitrogen and oxygen atoms in total. The molecule has 0 saturated carbocycles. The fraction of sp³-hybridized carbons (Fsp3) is 0.429. The Labute approximate surface area is 120 Å².